The van der Waals surface area contributed by atoms with Crippen LogP contribution in [-0.4, -0.2) is 32.0 Å². The summed E-state index contributed by atoms with van der Waals surface area (Å²) in [4.78, 5) is 0. The van der Waals surface area contributed by atoms with Crippen LogP contribution in [0.1, 0.15) is 38.2 Å². The van der Waals surface area contributed by atoms with Gasteiger partial charge in [-0.05, 0) is 49.9 Å². The topological polar surface area (TPSA) is 50.7 Å². The molecule has 0 aliphatic heterocycles. The van der Waals surface area contributed by atoms with Gasteiger partial charge in [-0.2, -0.15) is 0 Å². The largest absolute Gasteiger partial charge is 0.493 e. The minimum atomic E-state index is 0.253. The Bertz CT molecular complexity index is 369. The maximum absolute atomic E-state index is 8.72. The summed E-state index contributed by atoms with van der Waals surface area (Å²) >= 11 is 0. The monoisotopic (exact) mass is 281 g/mol. The maximum atomic E-state index is 8.72. The van der Waals surface area contributed by atoms with Crippen molar-refractivity contribution in [3.8, 4) is 11.5 Å². The van der Waals surface area contributed by atoms with E-state index in [0.29, 0.717) is 6.61 Å². The zero-order valence-electron chi connectivity index (χ0n) is 12.7. The highest BCUT2D eigenvalue weighted by Gasteiger charge is 2.05. The van der Waals surface area contributed by atoms with Gasteiger partial charge in [0.25, 0.3) is 0 Å². The molecule has 1 aromatic carbocycles. The molecule has 0 fully saturated rings. The summed E-state index contributed by atoms with van der Waals surface area (Å²) in [5, 5.41) is 12.1. The number of hydrogen-bond donors (Lipinski definition) is 2. The van der Waals surface area contributed by atoms with Gasteiger partial charge in [0.05, 0.1) is 13.7 Å². The lowest BCUT2D eigenvalue weighted by molar-refractivity contribution is 0.260. The molecule has 0 saturated heterocycles. The molecular formula is C16H27NO3. The zero-order valence-corrected chi connectivity index (χ0v) is 12.7. The van der Waals surface area contributed by atoms with Crippen LogP contribution in [0.3, 0.4) is 0 Å². The van der Waals surface area contributed by atoms with E-state index in [0.717, 1.165) is 50.3 Å². The van der Waals surface area contributed by atoms with Crippen molar-refractivity contribution >= 4 is 0 Å². The molecule has 0 atom stereocenters. The number of methoxy groups -OCH3 is 1. The van der Waals surface area contributed by atoms with Gasteiger partial charge in [-0.1, -0.05) is 13.0 Å². The van der Waals surface area contributed by atoms with E-state index in [4.69, 9.17) is 14.6 Å². The molecule has 0 heterocycles. The Labute approximate surface area is 122 Å². The van der Waals surface area contributed by atoms with Gasteiger partial charge in [-0.25, -0.2) is 0 Å². The maximum Gasteiger partial charge on any atom is 0.161 e. The Morgan fingerprint density at radius 3 is 2.70 bits per heavy atom. The third kappa shape index (κ3) is 6.26. The molecule has 0 spiro atoms. The summed E-state index contributed by atoms with van der Waals surface area (Å²) in [7, 11) is 1.66. The molecule has 20 heavy (non-hydrogen) atoms. The summed E-state index contributed by atoms with van der Waals surface area (Å²) in [5.41, 5.74) is 1.20. The average Bonchev–Trinajstić information content (AvgIpc) is 2.48. The molecule has 2 N–H and O–H groups in total. The first-order valence-corrected chi connectivity index (χ1v) is 7.43. The summed E-state index contributed by atoms with van der Waals surface area (Å²) in [6.45, 7) is 4.93. The number of aliphatic hydroxyl groups excluding tert-OH is 1. The number of benzene rings is 1. The van der Waals surface area contributed by atoms with Crippen LogP contribution in [0.2, 0.25) is 0 Å². The number of ether oxygens (including phenoxy) is 2. The van der Waals surface area contributed by atoms with E-state index < -0.39 is 0 Å². The Balaban J connectivity index is 2.45. The van der Waals surface area contributed by atoms with Crippen molar-refractivity contribution in [3.63, 3.8) is 0 Å². The van der Waals surface area contributed by atoms with E-state index in [9.17, 15) is 0 Å². The lowest BCUT2D eigenvalue weighted by Crippen LogP contribution is -2.13. The summed E-state index contributed by atoms with van der Waals surface area (Å²) < 4.78 is 11.1. The third-order valence-electron chi connectivity index (χ3n) is 3.04. The summed E-state index contributed by atoms with van der Waals surface area (Å²) in [6.07, 6.45) is 3.90. The van der Waals surface area contributed by atoms with E-state index in [1.165, 1.54) is 5.56 Å². The Morgan fingerprint density at radius 2 is 2.00 bits per heavy atom. The van der Waals surface area contributed by atoms with Gasteiger partial charge in [-0.15, -0.1) is 0 Å². The van der Waals surface area contributed by atoms with Crippen molar-refractivity contribution in [2.45, 2.75) is 39.2 Å². The van der Waals surface area contributed by atoms with Crippen molar-refractivity contribution in [2.75, 3.05) is 26.9 Å². The smallest absolute Gasteiger partial charge is 0.161 e. The fraction of sp³-hybridized carbons (Fsp3) is 0.625. The molecule has 0 bridgehead atoms. The SMILES string of the molecule is CCCNCc1ccc(OCCCCCO)c(OC)c1. The molecule has 0 radical (unpaired) electrons. The first-order valence-electron chi connectivity index (χ1n) is 7.43. The second-order valence-corrected chi connectivity index (χ2v) is 4.79. The minimum Gasteiger partial charge on any atom is -0.493 e. The van der Waals surface area contributed by atoms with Crippen molar-refractivity contribution in [1.82, 2.24) is 5.32 Å². The predicted octanol–water partition coefficient (Wildman–Crippen LogP) is 2.74. The van der Waals surface area contributed by atoms with E-state index >= 15 is 0 Å². The second kappa shape index (κ2) is 10.5. The lowest BCUT2D eigenvalue weighted by Gasteiger charge is -2.12. The average molecular weight is 281 g/mol. The van der Waals surface area contributed by atoms with Crippen LogP contribution in [0.5, 0.6) is 11.5 Å². The molecular weight excluding hydrogens is 254 g/mol. The van der Waals surface area contributed by atoms with Gasteiger partial charge in [0, 0.05) is 13.2 Å². The number of rotatable bonds is 11. The fourth-order valence-electron chi connectivity index (χ4n) is 1.92. The van der Waals surface area contributed by atoms with Crippen molar-refractivity contribution in [2.24, 2.45) is 0 Å². The summed E-state index contributed by atoms with van der Waals surface area (Å²) in [5.74, 6) is 1.57. The van der Waals surface area contributed by atoms with Crippen molar-refractivity contribution in [1.29, 1.82) is 0 Å². The van der Waals surface area contributed by atoms with Gasteiger partial charge < -0.3 is 19.9 Å². The molecule has 1 rings (SSSR count). The molecule has 114 valence electrons. The van der Waals surface area contributed by atoms with Crippen LogP contribution in [-0.2, 0) is 6.54 Å². The molecule has 0 amide bonds. The highest BCUT2D eigenvalue weighted by molar-refractivity contribution is 5.42. The summed E-state index contributed by atoms with van der Waals surface area (Å²) in [6, 6.07) is 6.05. The Morgan fingerprint density at radius 1 is 1.15 bits per heavy atom. The van der Waals surface area contributed by atoms with Crippen LogP contribution in [0.15, 0.2) is 18.2 Å². The van der Waals surface area contributed by atoms with E-state index in [1.54, 1.807) is 7.11 Å². The molecule has 0 aliphatic rings. The highest BCUT2D eigenvalue weighted by Crippen LogP contribution is 2.28. The number of nitrogens with one attached hydrogen (secondary N) is 1. The van der Waals surface area contributed by atoms with Crippen molar-refractivity contribution in [3.05, 3.63) is 23.8 Å². The standard InChI is InChI=1S/C16H27NO3/c1-3-9-17-13-14-7-8-15(16(12-14)19-2)20-11-6-4-5-10-18/h7-8,12,17-18H,3-6,9-11,13H2,1-2H3. The van der Waals surface area contributed by atoms with Crippen LogP contribution >= 0.6 is 0 Å². The number of unbranched alkanes of at least 4 members (excludes halogenated alkanes) is 2. The molecule has 4 nitrogen and oxygen atoms in total. The number of aliphatic hydroxyl groups is 1. The van der Waals surface area contributed by atoms with E-state index in [-0.39, 0.29) is 6.61 Å². The molecule has 0 aromatic heterocycles. The number of hydrogen-bond acceptors (Lipinski definition) is 4. The quantitative estimate of drug-likeness (QED) is 0.612. The molecule has 1 aromatic rings. The fourth-order valence-corrected chi connectivity index (χ4v) is 1.92. The molecule has 4 heteroatoms. The van der Waals surface area contributed by atoms with E-state index in [1.807, 2.05) is 12.1 Å². The van der Waals surface area contributed by atoms with Crippen LogP contribution < -0.4 is 14.8 Å². The van der Waals surface area contributed by atoms with Gasteiger partial charge in [0.2, 0.25) is 0 Å². The highest BCUT2D eigenvalue weighted by atomic mass is 16.5. The zero-order chi connectivity index (χ0) is 14.6. The van der Waals surface area contributed by atoms with Crippen LogP contribution in [0.25, 0.3) is 0 Å². The molecule has 0 aliphatic carbocycles. The van der Waals surface area contributed by atoms with Gasteiger partial charge in [0.1, 0.15) is 0 Å². The van der Waals surface area contributed by atoms with Gasteiger partial charge in [0.15, 0.2) is 11.5 Å². The third-order valence-corrected chi connectivity index (χ3v) is 3.04. The van der Waals surface area contributed by atoms with E-state index in [2.05, 4.69) is 18.3 Å². The Hall–Kier alpha value is -1.26. The Kier molecular flexibility index (Phi) is 8.83. The van der Waals surface area contributed by atoms with Gasteiger partial charge >= 0.3 is 0 Å². The normalized spacial score (nSPS) is 10.6. The van der Waals surface area contributed by atoms with Crippen LogP contribution in [0.4, 0.5) is 0 Å². The lowest BCUT2D eigenvalue weighted by atomic mass is 10.2. The molecule has 0 unspecified atom stereocenters. The predicted molar refractivity (Wildman–Crippen MR) is 81.4 cm³/mol. The van der Waals surface area contributed by atoms with Crippen molar-refractivity contribution < 1.29 is 14.6 Å². The van der Waals surface area contributed by atoms with Gasteiger partial charge in [-0.3, -0.25) is 0 Å². The first-order chi connectivity index (χ1) is 9.81. The second-order valence-electron chi connectivity index (χ2n) is 4.79. The first kappa shape index (κ1) is 16.8. The minimum absolute atomic E-state index is 0.253. The molecule has 0 saturated carbocycles. The van der Waals surface area contributed by atoms with Crippen LogP contribution in [0, 0.1) is 0 Å².